The molecule has 0 spiro atoms. The van der Waals surface area contributed by atoms with Gasteiger partial charge >= 0.3 is 5.97 Å². The molecule has 26 atom stereocenters. The average molecular weight is 1040 g/mol. The summed E-state index contributed by atoms with van der Waals surface area (Å²) in [5, 5.41) is 178. The maximum absolute atomic E-state index is 13.5. The van der Waals surface area contributed by atoms with E-state index in [4.69, 9.17) is 42.6 Å². The number of carbonyl (C=O) groups excluding carboxylic acids is 3. The molecule has 0 saturated carbocycles. The van der Waals surface area contributed by atoms with Gasteiger partial charge in [0.05, 0.1) is 44.7 Å². The summed E-state index contributed by atoms with van der Waals surface area (Å²) in [6, 6.07) is -5.44. The predicted molar refractivity (Wildman–Crippen MR) is 219 cm³/mol. The van der Waals surface area contributed by atoms with Gasteiger partial charge in [0.25, 0.3) is 5.79 Å². The molecule has 0 aromatic carbocycles. The summed E-state index contributed by atoms with van der Waals surface area (Å²) >= 11 is 0. The zero-order valence-electron chi connectivity index (χ0n) is 38.1. The highest BCUT2D eigenvalue weighted by atomic mass is 16.8. The van der Waals surface area contributed by atoms with Crippen LogP contribution in [0.2, 0.25) is 0 Å². The first-order chi connectivity index (χ1) is 33.4. The molecule has 32 heteroatoms. The predicted octanol–water partition coefficient (Wildman–Crippen LogP) is -12.3. The highest BCUT2D eigenvalue weighted by molar-refractivity contribution is 5.78. The van der Waals surface area contributed by atoms with Crippen molar-refractivity contribution >= 4 is 23.7 Å². The van der Waals surface area contributed by atoms with E-state index in [1.54, 1.807) is 0 Å². The van der Waals surface area contributed by atoms with Crippen LogP contribution in [0.25, 0.3) is 0 Å². The molecule has 0 bridgehead atoms. The molecule has 0 unspecified atom stereocenters. The maximum Gasteiger partial charge on any atom is 0.364 e. The highest BCUT2D eigenvalue weighted by Gasteiger charge is 2.62. The van der Waals surface area contributed by atoms with Crippen LogP contribution in [-0.2, 0) is 61.8 Å². The van der Waals surface area contributed by atoms with Gasteiger partial charge in [-0.25, -0.2) is 4.79 Å². The van der Waals surface area contributed by atoms with Gasteiger partial charge in [-0.05, 0) is 6.92 Å². The minimum absolute atomic E-state index is 0.829. The van der Waals surface area contributed by atoms with Crippen LogP contribution in [0.1, 0.15) is 27.2 Å². The number of aliphatic hydroxyl groups excluding tert-OH is 15. The van der Waals surface area contributed by atoms with Crippen molar-refractivity contribution in [2.24, 2.45) is 0 Å². The molecule has 5 saturated heterocycles. The quantitative estimate of drug-likeness (QED) is 0.0571. The largest absolute Gasteiger partial charge is 0.477 e. The summed E-state index contributed by atoms with van der Waals surface area (Å²) in [6.45, 7) is -2.43. The van der Waals surface area contributed by atoms with Crippen LogP contribution in [0.3, 0.4) is 0 Å². The molecule has 71 heavy (non-hydrogen) atoms. The van der Waals surface area contributed by atoms with Gasteiger partial charge in [0, 0.05) is 20.3 Å². The van der Waals surface area contributed by atoms with Gasteiger partial charge in [-0.1, -0.05) is 0 Å². The van der Waals surface area contributed by atoms with Gasteiger partial charge < -0.3 is 140 Å². The van der Waals surface area contributed by atoms with Gasteiger partial charge in [0.2, 0.25) is 17.7 Å². The zero-order valence-corrected chi connectivity index (χ0v) is 38.1. The lowest BCUT2D eigenvalue weighted by Crippen LogP contribution is -2.72. The monoisotopic (exact) mass is 1040 g/mol. The van der Waals surface area contributed by atoms with Crippen LogP contribution in [0.5, 0.6) is 0 Å². The van der Waals surface area contributed by atoms with E-state index >= 15 is 0 Å². The number of amides is 3. The van der Waals surface area contributed by atoms with Crippen LogP contribution < -0.4 is 16.0 Å². The molecule has 19 N–H and O–H groups in total. The number of hydrogen-bond acceptors (Lipinski definition) is 28. The first-order valence-electron chi connectivity index (χ1n) is 22.2. The third-order valence-corrected chi connectivity index (χ3v) is 12.6. The minimum Gasteiger partial charge on any atom is -0.477 e. The second-order valence-corrected chi connectivity index (χ2v) is 17.6. The van der Waals surface area contributed by atoms with Crippen LogP contribution >= 0.6 is 0 Å². The van der Waals surface area contributed by atoms with Crippen molar-refractivity contribution in [3.63, 3.8) is 0 Å². The van der Waals surface area contributed by atoms with Gasteiger partial charge in [-0.3, -0.25) is 14.4 Å². The number of carboxylic acid groups (broad SMARTS) is 1. The third-order valence-electron chi connectivity index (χ3n) is 12.6. The summed E-state index contributed by atoms with van der Waals surface area (Å²) in [4.78, 5) is 50.8. The molecule has 5 fully saturated rings. The lowest BCUT2D eigenvalue weighted by molar-refractivity contribution is -0.399. The fourth-order valence-electron chi connectivity index (χ4n) is 8.88. The van der Waals surface area contributed by atoms with Gasteiger partial charge in [0.15, 0.2) is 25.2 Å². The molecule has 5 aliphatic heterocycles. The lowest BCUT2D eigenvalue weighted by Gasteiger charge is -2.53. The van der Waals surface area contributed by atoms with Crippen molar-refractivity contribution in [1.82, 2.24) is 16.0 Å². The number of aliphatic hydroxyl groups is 15. The van der Waals surface area contributed by atoms with Crippen molar-refractivity contribution in [1.29, 1.82) is 0 Å². The first kappa shape index (κ1) is 58.8. The molecule has 5 heterocycles. The summed E-state index contributed by atoms with van der Waals surface area (Å²) < 4.78 is 52.3. The van der Waals surface area contributed by atoms with Gasteiger partial charge in [-0.2, -0.15) is 0 Å². The van der Waals surface area contributed by atoms with Crippen molar-refractivity contribution in [2.45, 2.75) is 186 Å². The Kier molecular flexibility index (Phi) is 20.7. The number of aliphatic carboxylic acids is 1. The number of hydrogen-bond donors (Lipinski definition) is 19. The number of ether oxygens (including phenoxy) is 9. The van der Waals surface area contributed by atoms with E-state index in [9.17, 15) is 101 Å². The Bertz CT molecular complexity index is 1780. The van der Waals surface area contributed by atoms with Crippen molar-refractivity contribution in [3.05, 3.63) is 0 Å². The van der Waals surface area contributed by atoms with Crippen molar-refractivity contribution in [3.8, 4) is 0 Å². The molecule has 0 radical (unpaired) electrons. The Hall–Kier alpha value is -3.08. The van der Waals surface area contributed by atoms with Crippen LogP contribution in [0.4, 0.5) is 0 Å². The SMILES string of the molecule is CC(=O)N[C@@H]1[C@@H](O[C@@H]2O[C@H](CO)[C@H](O[C@@H]3O[C@H](CO)[C@H](O)[C@H](O[C@@H]4O[C@@H](C)[C@@H](O)[C@@H](O)[C@@H]4O)[C@H]3NC(C)=O)[C@H](O[C@]3(C(=O)O)C[C@H](O)[C@@H](NC(=O)CO)[C@H]([C@H](O)[C@H](O)CO)O3)[C@H]2O)[C@@H](O)[C@@H](CO)O[C@@H]1O. The Labute approximate surface area is 402 Å². The Morgan fingerprint density at radius 2 is 1.13 bits per heavy atom. The van der Waals surface area contributed by atoms with E-state index in [1.165, 1.54) is 6.92 Å². The van der Waals surface area contributed by atoms with Gasteiger partial charge in [-0.15, -0.1) is 0 Å². The van der Waals surface area contributed by atoms with Crippen LogP contribution in [-0.4, -0.2) is 297 Å². The number of carboxylic acids is 1. The maximum atomic E-state index is 13.5. The van der Waals surface area contributed by atoms with Gasteiger partial charge in [0.1, 0.15) is 116 Å². The Balaban J connectivity index is 1.63. The highest BCUT2D eigenvalue weighted by Crippen LogP contribution is 2.40. The van der Waals surface area contributed by atoms with E-state index in [-0.39, 0.29) is 0 Å². The molecule has 0 aromatic rings. The smallest absolute Gasteiger partial charge is 0.364 e. The molecular weight excluding hydrogens is 974 g/mol. The topological polar surface area (TPSA) is 511 Å². The molecule has 410 valence electrons. The number of rotatable bonds is 19. The third kappa shape index (κ3) is 12.9. The molecule has 5 aliphatic rings. The first-order valence-corrected chi connectivity index (χ1v) is 22.2. The standard InChI is InChI=1S/C39H65N3O29/c1-10-22(53)26(57)27(58)36(63-10)69-31-21(41-12(3)49)35(65-16(7-45)25(31)56)67-29-17(8-46)66-37(68-30-20(40-11(2)48)34(60)64-15(6-44)24(30)55)28(59)33(29)71-39(38(61)62)4-13(50)19(42-18(52)9-47)32(70-39)23(54)14(51)5-43/h10,13-17,19-37,43-47,50-51,53-60H,4-9H2,1-3H3,(H,40,48)(H,41,49)(H,42,52)(H,61,62)/t10-,13-,14+,15+,16+,17+,19+,20+,21+,22+,23+,24-,25-,26+,27-,28+,29-,30+,31+,32+,33+,34-,35-,36-,37-,39-/m0/s1. The molecule has 0 aliphatic carbocycles. The van der Waals surface area contributed by atoms with Crippen LogP contribution in [0, 0.1) is 0 Å². The van der Waals surface area contributed by atoms with Crippen molar-refractivity contribution < 1.29 is 144 Å². The Morgan fingerprint density at radius 3 is 1.66 bits per heavy atom. The molecular formula is C39H65N3O29. The van der Waals surface area contributed by atoms with E-state index in [0.29, 0.717) is 0 Å². The van der Waals surface area contributed by atoms with Crippen molar-refractivity contribution in [2.75, 3.05) is 33.0 Å². The summed E-state index contributed by atoms with van der Waals surface area (Å²) in [7, 11) is 0. The Morgan fingerprint density at radius 1 is 0.606 bits per heavy atom. The number of nitrogens with one attached hydrogen (secondary N) is 3. The van der Waals surface area contributed by atoms with Crippen LogP contribution in [0.15, 0.2) is 0 Å². The van der Waals surface area contributed by atoms with E-state index in [2.05, 4.69) is 16.0 Å². The average Bonchev–Trinajstić information content (AvgIpc) is 3.32. The second kappa shape index (κ2) is 25.0. The van der Waals surface area contributed by atoms with E-state index in [0.717, 1.165) is 13.8 Å². The summed E-state index contributed by atoms with van der Waals surface area (Å²) in [5.41, 5.74) is 0. The fourth-order valence-corrected chi connectivity index (χ4v) is 8.88. The molecule has 32 nitrogen and oxygen atoms in total. The fraction of sp³-hybridized carbons (Fsp3) is 0.897. The number of carbonyl (C=O) groups is 4. The lowest BCUT2D eigenvalue weighted by atomic mass is 9.88. The normalized spacial score (nSPS) is 45.0. The zero-order chi connectivity index (χ0) is 53.0. The van der Waals surface area contributed by atoms with E-state index < -0.39 is 222 Å². The van der Waals surface area contributed by atoms with E-state index in [1.807, 2.05) is 0 Å². The molecule has 0 aromatic heterocycles. The summed E-state index contributed by atoms with van der Waals surface area (Å²) in [6.07, 6.45) is -45.7. The second-order valence-electron chi connectivity index (χ2n) is 17.6. The minimum atomic E-state index is -3.39. The molecule has 3 amide bonds. The molecule has 5 rings (SSSR count). The summed E-state index contributed by atoms with van der Waals surface area (Å²) in [5.74, 6) is -8.50.